The van der Waals surface area contributed by atoms with Gasteiger partial charge in [0.05, 0.1) is 0 Å². The predicted molar refractivity (Wildman–Crippen MR) is 15.6 cm³/mol. The molecule has 9 heavy (non-hydrogen) atoms. The molecule has 0 N–H and O–H groups in total. The van der Waals surface area contributed by atoms with E-state index in [-0.39, 0.29) is 51.2 Å². The van der Waals surface area contributed by atoms with E-state index in [4.69, 9.17) is 10.2 Å². The summed E-state index contributed by atoms with van der Waals surface area (Å²) in [5.74, 6) is 0. The molecule has 9 heteroatoms. The van der Waals surface area contributed by atoms with Crippen molar-refractivity contribution in [3.05, 3.63) is 0 Å². The van der Waals surface area contributed by atoms with Crippen LogP contribution >= 0.6 is 0 Å². The number of rotatable bonds is 0. The van der Waals surface area contributed by atoms with E-state index in [9.17, 15) is 0 Å². The second kappa shape index (κ2) is 35.8. The van der Waals surface area contributed by atoms with Gasteiger partial charge >= 0.3 is 62.1 Å². The van der Waals surface area contributed by atoms with E-state index < -0.39 is 17.2 Å². The Morgan fingerprint density at radius 2 is 0.667 bits per heavy atom. The van der Waals surface area contributed by atoms with Crippen LogP contribution < -0.4 is 0 Å². The van der Waals surface area contributed by atoms with E-state index in [0.29, 0.717) is 0 Å². The van der Waals surface area contributed by atoms with Gasteiger partial charge < -0.3 is 16.4 Å². The zero-order valence-corrected chi connectivity index (χ0v) is 8.33. The Labute approximate surface area is 78.3 Å². The van der Waals surface area contributed by atoms with Gasteiger partial charge in [0.15, 0.2) is 0 Å². The Balaban J connectivity index is -0.00000000450. The third-order valence-electron chi connectivity index (χ3n) is 0. The molecule has 0 amide bonds. The first-order chi connectivity index (χ1) is 1.73. The molecule has 0 aromatic rings. The van der Waals surface area contributed by atoms with E-state index in [0.717, 1.165) is 0 Å². The van der Waals surface area contributed by atoms with Crippen LogP contribution in [-0.4, -0.2) is 34.7 Å². The molecule has 0 aliphatic heterocycles. The molecule has 0 aromatic heterocycles. The first kappa shape index (κ1) is 50.3. The summed E-state index contributed by atoms with van der Waals surface area (Å²) in [5.41, 5.74) is 0. The standard InChI is InChI=1S/2Al.Mo.6O/q2*+3;;;;;3*-2. The SMILES string of the molecule is [Al+3].[Al+3].[O-2].[O-2].[O-2].[O]=[Mo](=[O])=[O]. The van der Waals surface area contributed by atoms with E-state index in [1.807, 2.05) is 0 Å². The maximum atomic E-state index is 8.59. The topological polar surface area (TPSA) is 137 Å². The second-order valence-electron chi connectivity index (χ2n) is 0.204. The molecule has 0 rings (SSSR count). The van der Waals surface area contributed by atoms with Gasteiger partial charge in [-0.15, -0.1) is 0 Å². The summed E-state index contributed by atoms with van der Waals surface area (Å²) in [6.45, 7) is 0. The fourth-order valence-corrected chi connectivity index (χ4v) is 0. The molecule has 6 nitrogen and oxygen atoms in total. The molecule has 0 spiro atoms. The van der Waals surface area contributed by atoms with E-state index in [2.05, 4.69) is 0 Å². The number of hydrogen-bond acceptors (Lipinski definition) is 3. The average Bonchev–Trinajstić information content (AvgIpc) is 0.811. The van der Waals surface area contributed by atoms with Crippen molar-refractivity contribution in [2.45, 2.75) is 0 Å². The molecule has 0 aliphatic carbocycles. The Morgan fingerprint density at radius 1 is 0.667 bits per heavy atom. The predicted octanol–water partition coefficient (Wildman–Crippen LogP) is -1.48. The molecule has 48 valence electrons. The van der Waals surface area contributed by atoms with Crippen molar-refractivity contribution in [3.63, 3.8) is 0 Å². The third kappa shape index (κ3) is 419. The van der Waals surface area contributed by atoms with Crippen molar-refractivity contribution in [1.29, 1.82) is 0 Å². The molecule has 0 aliphatic rings. The van der Waals surface area contributed by atoms with Gasteiger partial charge in [-0.25, -0.2) is 0 Å². The van der Waals surface area contributed by atoms with Gasteiger partial charge in [0, 0.05) is 0 Å². The Hall–Kier alpha value is 1.03. The Kier molecular flexibility index (Phi) is 200. The molecule has 0 bridgehead atoms. The second-order valence-corrected chi connectivity index (χ2v) is 1.21. The molecule has 0 heterocycles. The van der Waals surface area contributed by atoms with Crippen molar-refractivity contribution in [3.8, 4) is 0 Å². The number of hydrogen-bond donors (Lipinski definition) is 0. The summed E-state index contributed by atoms with van der Waals surface area (Å²) in [4.78, 5) is 0. The third-order valence-corrected chi connectivity index (χ3v) is 0. The molecular weight excluding hydrogens is 246 g/mol. The van der Waals surface area contributed by atoms with Crippen LogP contribution in [0, 0.1) is 0 Å². The van der Waals surface area contributed by atoms with Gasteiger partial charge in [0.25, 0.3) is 0 Å². The van der Waals surface area contributed by atoms with Crippen LogP contribution in [0.5, 0.6) is 0 Å². The van der Waals surface area contributed by atoms with Crippen molar-refractivity contribution in [2.24, 2.45) is 0 Å². The Morgan fingerprint density at radius 3 is 0.667 bits per heavy atom. The summed E-state index contributed by atoms with van der Waals surface area (Å²) < 4.78 is 25.8. The molecule has 0 saturated carbocycles. The summed E-state index contributed by atoms with van der Waals surface area (Å²) in [7, 11) is 0. The van der Waals surface area contributed by atoms with Crippen molar-refractivity contribution < 1.29 is 43.8 Å². The van der Waals surface area contributed by atoms with Gasteiger partial charge in [-0.3, -0.25) is 0 Å². The fourth-order valence-electron chi connectivity index (χ4n) is 0. The maximum absolute atomic E-state index is 8.59. The molecule has 0 aromatic carbocycles. The summed E-state index contributed by atoms with van der Waals surface area (Å²) >= 11 is -4.11. The summed E-state index contributed by atoms with van der Waals surface area (Å²) in [6, 6.07) is 0. The zero-order valence-electron chi connectivity index (χ0n) is 4.01. The van der Waals surface area contributed by atoms with Crippen LogP contribution in [0.3, 0.4) is 0 Å². The normalized spacial score (nSPS) is 2.67. The van der Waals surface area contributed by atoms with Crippen LogP contribution in [0.25, 0.3) is 0 Å². The van der Waals surface area contributed by atoms with Crippen LogP contribution in [0.4, 0.5) is 0 Å². The first-order valence-corrected chi connectivity index (χ1v) is 2.96. The quantitative estimate of drug-likeness (QED) is 0.481. The van der Waals surface area contributed by atoms with E-state index in [1.165, 1.54) is 0 Å². The Bertz CT molecular complexity index is 80.5. The van der Waals surface area contributed by atoms with Gasteiger partial charge in [-0.2, -0.15) is 0 Å². The summed E-state index contributed by atoms with van der Waals surface area (Å²) in [5, 5.41) is 0. The average molecular weight is 246 g/mol. The van der Waals surface area contributed by atoms with Gasteiger partial charge in [-0.05, 0) is 0 Å². The molecular formula is Al2MoO6. The molecule has 0 fully saturated rings. The molecule has 0 atom stereocenters. The first-order valence-electron chi connectivity index (χ1n) is 0.500. The van der Waals surface area contributed by atoms with Gasteiger partial charge in [0.1, 0.15) is 0 Å². The molecule has 0 radical (unpaired) electrons. The van der Waals surface area contributed by atoms with E-state index in [1.54, 1.807) is 0 Å². The van der Waals surface area contributed by atoms with Crippen LogP contribution in [-0.2, 0) is 43.8 Å². The zero-order chi connectivity index (χ0) is 3.58. The minimum atomic E-state index is -4.11. The van der Waals surface area contributed by atoms with Crippen molar-refractivity contribution >= 4 is 34.7 Å². The monoisotopic (exact) mass is 248 g/mol. The van der Waals surface area contributed by atoms with Crippen molar-refractivity contribution in [2.75, 3.05) is 0 Å². The minimum absolute atomic E-state index is 0. The van der Waals surface area contributed by atoms with Crippen LogP contribution in [0.2, 0.25) is 0 Å². The van der Waals surface area contributed by atoms with E-state index >= 15 is 0 Å². The van der Waals surface area contributed by atoms with Gasteiger partial charge in [0.2, 0.25) is 0 Å². The molecule has 0 saturated heterocycles. The van der Waals surface area contributed by atoms with Crippen molar-refractivity contribution in [1.82, 2.24) is 0 Å². The summed E-state index contributed by atoms with van der Waals surface area (Å²) in [6.07, 6.45) is 0. The van der Waals surface area contributed by atoms with Crippen LogP contribution in [0.15, 0.2) is 0 Å². The van der Waals surface area contributed by atoms with Crippen LogP contribution in [0.1, 0.15) is 0 Å². The van der Waals surface area contributed by atoms with Gasteiger partial charge in [-0.1, -0.05) is 0 Å². The fraction of sp³-hybridized carbons (Fsp3) is 0. The molecule has 0 unspecified atom stereocenters.